The van der Waals surface area contributed by atoms with Crippen molar-refractivity contribution in [2.24, 2.45) is 5.73 Å². The number of benzene rings is 1. The maximum Gasteiger partial charge on any atom is 0.158 e. The molecule has 0 amide bonds. The molecular weight excluding hydrogens is 188 g/mol. The molecule has 0 saturated heterocycles. The van der Waals surface area contributed by atoms with Crippen LogP contribution in [0.25, 0.3) is 10.8 Å². The first-order valence-corrected chi connectivity index (χ1v) is 4.94. The number of anilines is 1. The molecule has 0 bridgehead atoms. The van der Waals surface area contributed by atoms with Gasteiger partial charge in [0.2, 0.25) is 0 Å². The monoisotopic (exact) mass is 202 g/mol. The van der Waals surface area contributed by atoms with Crippen LogP contribution in [0, 0.1) is 0 Å². The van der Waals surface area contributed by atoms with Crippen LogP contribution in [0.4, 0.5) is 5.82 Å². The summed E-state index contributed by atoms with van der Waals surface area (Å²) >= 11 is 0. The molecule has 78 valence electrons. The lowest BCUT2D eigenvalue weighted by molar-refractivity contribution is 0.854. The van der Waals surface area contributed by atoms with Crippen molar-refractivity contribution in [3.05, 3.63) is 30.5 Å². The summed E-state index contributed by atoms with van der Waals surface area (Å²) < 4.78 is 0. The minimum Gasteiger partial charge on any atom is -0.356 e. The maximum absolute atomic E-state index is 5.52. The highest BCUT2D eigenvalue weighted by Gasteiger charge is 2.06. The number of hydrogen-bond acceptors (Lipinski definition) is 4. The Labute approximate surface area is 88.7 Å². The first-order valence-electron chi connectivity index (χ1n) is 4.94. The third kappa shape index (κ3) is 1.89. The van der Waals surface area contributed by atoms with Crippen molar-refractivity contribution >= 4 is 16.6 Å². The molecule has 0 aliphatic carbocycles. The van der Waals surface area contributed by atoms with Crippen molar-refractivity contribution < 1.29 is 0 Å². The fraction of sp³-hybridized carbons (Fsp3) is 0.273. The molecule has 1 aromatic carbocycles. The SMILES string of the molecule is CN(CCN)c1nncc2ccccc12. The second kappa shape index (κ2) is 4.23. The average molecular weight is 202 g/mol. The van der Waals surface area contributed by atoms with Gasteiger partial charge in [-0.1, -0.05) is 24.3 Å². The van der Waals surface area contributed by atoms with Crippen molar-refractivity contribution in [2.45, 2.75) is 0 Å². The van der Waals surface area contributed by atoms with Crippen LogP contribution in [-0.2, 0) is 0 Å². The maximum atomic E-state index is 5.52. The van der Waals surface area contributed by atoms with Gasteiger partial charge in [0.05, 0.1) is 6.20 Å². The summed E-state index contributed by atoms with van der Waals surface area (Å²) in [5.74, 6) is 0.888. The minimum absolute atomic E-state index is 0.613. The van der Waals surface area contributed by atoms with Gasteiger partial charge < -0.3 is 10.6 Å². The zero-order valence-electron chi connectivity index (χ0n) is 8.72. The van der Waals surface area contributed by atoms with Crippen LogP contribution < -0.4 is 10.6 Å². The van der Waals surface area contributed by atoms with Crippen LogP contribution in [0.15, 0.2) is 30.5 Å². The van der Waals surface area contributed by atoms with E-state index in [4.69, 9.17) is 5.73 Å². The Morgan fingerprint density at radius 1 is 1.33 bits per heavy atom. The first kappa shape index (κ1) is 9.86. The predicted octanol–water partition coefficient (Wildman–Crippen LogP) is 1.02. The summed E-state index contributed by atoms with van der Waals surface area (Å²) in [5.41, 5.74) is 5.52. The van der Waals surface area contributed by atoms with Gasteiger partial charge in [-0.25, -0.2) is 0 Å². The molecule has 0 spiro atoms. The van der Waals surface area contributed by atoms with E-state index in [1.54, 1.807) is 6.20 Å². The van der Waals surface area contributed by atoms with Gasteiger partial charge in [0.1, 0.15) is 0 Å². The van der Waals surface area contributed by atoms with Crippen molar-refractivity contribution in [1.29, 1.82) is 0 Å². The van der Waals surface area contributed by atoms with Crippen LogP contribution in [0.1, 0.15) is 0 Å². The van der Waals surface area contributed by atoms with Gasteiger partial charge >= 0.3 is 0 Å². The molecule has 0 aliphatic rings. The molecule has 2 rings (SSSR count). The van der Waals surface area contributed by atoms with E-state index in [-0.39, 0.29) is 0 Å². The van der Waals surface area contributed by atoms with E-state index in [2.05, 4.69) is 10.2 Å². The van der Waals surface area contributed by atoms with Crippen molar-refractivity contribution in [2.75, 3.05) is 25.0 Å². The van der Waals surface area contributed by atoms with Gasteiger partial charge in [0.25, 0.3) is 0 Å². The van der Waals surface area contributed by atoms with E-state index in [1.165, 1.54) is 0 Å². The molecule has 0 saturated carbocycles. The Balaban J connectivity index is 2.50. The van der Waals surface area contributed by atoms with Gasteiger partial charge in [0, 0.05) is 30.9 Å². The highest BCUT2D eigenvalue weighted by atomic mass is 15.2. The Bertz CT molecular complexity index is 450. The summed E-state index contributed by atoms with van der Waals surface area (Å²) in [6.07, 6.45) is 1.77. The van der Waals surface area contributed by atoms with Crippen LogP contribution >= 0.6 is 0 Å². The van der Waals surface area contributed by atoms with E-state index in [0.717, 1.165) is 23.1 Å². The largest absolute Gasteiger partial charge is 0.356 e. The number of aromatic nitrogens is 2. The lowest BCUT2D eigenvalue weighted by Gasteiger charge is -2.17. The molecule has 0 aliphatic heterocycles. The van der Waals surface area contributed by atoms with Gasteiger partial charge in [0.15, 0.2) is 5.82 Å². The van der Waals surface area contributed by atoms with Crippen LogP contribution in [0.3, 0.4) is 0 Å². The highest BCUT2D eigenvalue weighted by Crippen LogP contribution is 2.21. The topological polar surface area (TPSA) is 55.0 Å². The molecule has 2 aromatic rings. The second-order valence-corrected chi connectivity index (χ2v) is 3.47. The Kier molecular flexibility index (Phi) is 2.78. The lowest BCUT2D eigenvalue weighted by atomic mass is 10.2. The number of rotatable bonds is 3. The molecule has 0 unspecified atom stereocenters. The number of hydrogen-bond donors (Lipinski definition) is 1. The van der Waals surface area contributed by atoms with Crippen molar-refractivity contribution in [3.63, 3.8) is 0 Å². The fourth-order valence-corrected chi connectivity index (χ4v) is 1.59. The zero-order chi connectivity index (χ0) is 10.7. The molecule has 2 N–H and O–H groups in total. The Hall–Kier alpha value is -1.68. The molecule has 4 nitrogen and oxygen atoms in total. The van der Waals surface area contributed by atoms with E-state index >= 15 is 0 Å². The number of fused-ring (bicyclic) bond motifs is 1. The summed E-state index contributed by atoms with van der Waals surface area (Å²) in [7, 11) is 1.98. The third-order valence-electron chi connectivity index (χ3n) is 2.38. The molecule has 0 atom stereocenters. The summed E-state index contributed by atoms with van der Waals surface area (Å²) in [6.45, 7) is 1.39. The average Bonchev–Trinajstić information content (AvgIpc) is 2.28. The van der Waals surface area contributed by atoms with Gasteiger partial charge in [-0.3, -0.25) is 0 Å². The Morgan fingerprint density at radius 2 is 2.13 bits per heavy atom. The molecule has 4 heteroatoms. The van der Waals surface area contributed by atoms with E-state index < -0.39 is 0 Å². The minimum atomic E-state index is 0.613. The first-order chi connectivity index (χ1) is 7.33. The highest BCUT2D eigenvalue weighted by molar-refractivity contribution is 5.91. The molecular formula is C11H14N4. The number of nitrogens with zero attached hydrogens (tertiary/aromatic N) is 3. The number of nitrogens with two attached hydrogens (primary N) is 1. The third-order valence-corrected chi connectivity index (χ3v) is 2.38. The van der Waals surface area contributed by atoms with E-state index in [9.17, 15) is 0 Å². The van der Waals surface area contributed by atoms with Gasteiger partial charge in [-0.15, -0.1) is 5.10 Å². The van der Waals surface area contributed by atoms with Gasteiger partial charge in [-0.05, 0) is 0 Å². The predicted molar refractivity (Wildman–Crippen MR) is 61.9 cm³/mol. The quantitative estimate of drug-likeness (QED) is 0.807. The molecule has 0 radical (unpaired) electrons. The van der Waals surface area contributed by atoms with E-state index in [0.29, 0.717) is 6.54 Å². The number of likely N-dealkylation sites (N-methyl/N-ethyl adjacent to an activating group) is 1. The van der Waals surface area contributed by atoms with Crippen LogP contribution in [0.5, 0.6) is 0 Å². The lowest BCUT2D eigenvalue weighted by Crippen LogP contribution is -2.26. The molecule has 1 heterocycles. The fourth-order valence-electron chi connectivity index (χ4n) is 1.59. The standard InChI is InChI=1S/C11H14N4/c1-15(7-6-12)11-10-5-3-2-4-9(10)8-13-14-11/h2-5,8H,6-7,12H2,1H3. The second-order valence-electron chi connectivity index (χ2n) is 3.47. The summed E-state index contributed by atoms with van der Waals surface area (Å²) in [4.78, 5) is 2.02. The normalized spacial score (nSPS) is 10.5. The van der Waals surface area contributed by atoms with E-state index in [1.807, 2.05) is 36.2 Å². The van der Waals surface area contributed by atoms with Crippen LogP contribution in [0.2, 0.25) is 0 Å². The molecule has 0 fully saturated rings. The van der Waals surface area contributed by atoms with Crippen molar-refractivity contribution in [1.82, 2.24) is 10.2 Å². The van der Waals surface area contributed by atoms with Gasteiger partial charge in [-0.2, -0.15) is 5.10 Å². The van der Waals surface area contributed by atoms with Crippen LogP contribution in [-0.4, -0.2) is 30.3 Å². The molecule has 15 heavy (non-hydrogen) atoms. The smallest absolute Gasteiger partial charge is 0.158 e. The summed E-state index contributed by atoms with van der Waals surface area (Å²) in [5, 5.41) is 10.3. The zero-order valence-corrected chi connectivity index (χ0v) is 8.72. The Morgan fingerprint density at radius 3 is 2.93 bits per heavy atom. The summed E-state index contributed by atoms with van der Waals surface area (Å²) in [6, 6.07) is 8.08. The molecule has 1 aromatic heterocycles. The van der Waals surface area contributed by atoms with Crippen molar-refractivity contribution in [3.8, 4) is 0 Å².